The zero-order valence-electron chi connectivity index (χ0n) is 20.0. The molecule has 0 saturated carbocycles. The lowest BCUT2D eigenvalue weighted by atomic mass is 10.1. The van der Waals surface area contributed by atoms with Crippen molar-refractivity contribution in [2.24, 2.45) is 0 Å². The minimum absolute atomic E-state index is 0.333. The number of benzene rings is 4. The SMILES string of the molecule is O=C(OCCCc1ccccc1)c1ccc(OC(=O)c2ccccc2OCCc2ccccc2)cc1. The number of esters is 2. The molecule has 0 bridgehead atoms. The second-order valence-electron chi connectivity index (χ2n) is 8.22. The zero-order valence-corrected chi connectivity index (χ0v) is 20.0. The molecule has 182 valence electrons. The summed E-state index contributed by atoms with van der Waals surface area (Å²) in [4.78, 5) is 25.1. The number of rotatable bonds is 11. The summed E-state index contributed by atoms with van der Waals surface area (Å²) in [5.41, 5.74) is 3.11. The van der Waals surface area contributed by atoms with Crippen molar-refractivity contribution >= 4 is 11.9 Å². The van der Waals surface area contributed by atoms with Crippen molar-refractivity contribution in [2.45, 2.75) is 19.3 Å². The maximum atomic E-state index is 12.8. The molecule has 5 nitrogen and oxygen atoms in total. The van der Waals surface area contributed by atoms with Gasteiger partial charge in [-0.1, -0.05) is 72.8 Å². The van der Waals surface area contributed by atoms with Gasteiger partial charge in [-0.3, -0.25) is 0 Å². The summed E-state index contributed by atoms with van der Waals surface area (Å²) >= 11 is 0. The third-order valence-corrected chi connectivity index (χ3v) is 5.58. The van der Waals surface area contributed by atoms with Crippen molar-refractivity contribution in [1.82, 2.24) is 0 Å². The van der Waals surface area contributed by atoms with Crippen molar-refractivity contribution in [3.8, 4) is 11.5 Å². The van der Waals surface area contributed by atoms with Crippen molar-refractivity contribution in [3.05, 3.63) is 131 Å². The van der Waals surface area contributed by atoms with E-state index in [0.717, 1.165) is 24.8 Å². The number of aryl methyl sites for hydroxylation is 1. The third kappa shape index (κ3) is 7.31. The van der Waals surface area contributed by atoms with Gasteiger partial charge in [0.1, 0.15) is 17.1 Å². The van der Waals surface area contributed by atoms with E-state index >= 15 is 0 Å². The first kappa shape index (κ1) is 24.7. The van der Waals surface area contributed by atoms with Crippen molar-refractivity contribution in [3.63, 3.8) is 0 Å². The topological polar surface area (TPSA) is 61.8 Å². The smallest absolute Gasteiger partial charge is 0.347 e. The molecule has 0 aromatic heterocycles. The molecule has 0 aliphatic carbocycles. The van der Waals surface area contributed by atoms with Gasteiger partial charge >= 0.3 is 11.9 Å². The third-order valence-electron chi connectivity index (χ3n) is 5.58. The monoisotopic (exact) mass is 480 g/mol. The molecule has 0 heterocycles. The molecule has 0 atom stereocenters. The van der Waals surface area contributed by atoms with Crippen LogP contribution in [0.1, 0.15) is 38.3 Å². The summed E-state index contributed by atoms with van der Waals surface area (Å²) in [6.07, 6.45) is 2.33. The molecule has 0 aliphatic rings. The molecule has 0 saturated heterocycles. The van der Waals surface area contributed by atoms with Crippen molar-refractivity contribution < 1.29 is 23.8 Å². The number of hydrogen-bond acceptors (Lipinski definition) is 5. The number of carbonyl (C=O) groups excluding carboxylic acids is 2. The largest absolute Gasteiger partial charge is 0.492 e. The van der Waals surface area contributed by atoms with Gasteiger partial charge in [-0.2, -0.15) is 0 Å². The van der Waals surface area contributed by atoms with Gasteiger partial charge in [0.2, 0.25) is 0 Å². The van der Waals surface area contributed by atoms with Gasteiger partial charge in [-0.25, -0.2) is 9.59 Å². The zero-order chi connectivity index (χ0) is 25.0. The predicted molar refractivity (Wildman–Crippen MR) is 139 cm³/mol. The van der Waals surface area contributed by atoms with Crippen LogP contribution < -0.4 is 9.47 Å². The molecule has 0 spiro atoms. The van der Waals surface area contributed by atoms with E-state index in [2.05, 4.69) is 12.1 Å². The van der Waals surface area contributed by atoms with E-state index in [-0.39, 0.29) is 0 Å². The van der Waals surface area contributed by atoms with Crippen molar-refractivity contribution in [1.29, 1.82) is 0 Å². The maximum Gasteiger partial charge on any atom is 0.347 e. The van der Waals surface area contributed by atoms with E-state index in [9.17, 15) is 9.59 Å². The van der Waals surface area contributed by atoms with Gasteiger partial charge < -0.3 is 14.2 Å². The molecule has 4 rings (SSSR count). The van der Waals surface area contributed by atoms with Crippen molar-refractivity contribution in [2.75, 3.05) is 13.2 Å². The summed E-state index contributed by atoms with van der Waals surface area (Å²) in [6.45, 7) is 0.780. The average Bonchev–Trinajstić information content (AvgIpc) is 2.93. The molecular formula is C31H28O5. The second-order valence-corrected chi connectivity index (χ2v) is 8.22. The van der Waals surface area contributed by atoms with Gasteiger partial charge in [-0.05, 0) is 60.4 Å². The fourth-order valence-electron chi connectivity index (χ4n) is 3.67. The maximum absolute atomic E-state index is 12.8. The molecule has 5 heteroatoms. The minimum Gasteiger partial charge on any atom is -0.492 e. The summed E-state index contributed by atoms with van der Waals surface area (Å²) in [7, 11) is 0. The molecular weight excluding hydrogens is 452 g/mol. The normalized spacial score (nSPS) is 10.4. The Bertz CT molecular complexity index is 1250. The van der Waals surface area contributed by atoms with E-state index in [1.807, 2.05) is 54.6 Å². The quantitative estimate of drug-likeness (QED) is 0.143. The van der Waals surface area contributed by atoms with Gasteiger partial charge in [0.15, 0.2) is 0 Å². The summed E-state index contributed by atoms with van der Waals surface area (Å²) in [5, 5.41) is 0. The van der Waals surface area contributed by atoms with E-state index < -0.39 is 11.9 Å². The van der Waals surface area contributed by atoms with Crippen LogP contribution >= 0.6 is 0 Å². The second kappa shape index (κ2) is 12.9. The lowest BCUT2D eigenvalue weighted by Gasteiger charge is -2.11. The first-order valence-corrected chi connectivity index (χ1v) is 12.0. The summed E-state index contributed by atoms with van der Waals surface area (Å²) < 4.78 is 16.7. The molecule has 0 radical (unpaired) electrons. The minimum atomic E-state index is -0.526. The fraction of sp³-hybridized carbons (Fsp3) is 0.161. The van der Waals surface area contributed by atoms with Gasteiger partial charge in [0.25, 0.3) is 0 Å². The van der Waals surface area contributed by atoms with Crippen LogP contribution in [0, 0.1) is 0 Å². The van der Waals surface area contributed by atoms with E-state index in [1.165, 1.54) is 5.56 Å². The Morgan fingerprint density at radius 1 is 0.583 bits per heavy atom. The number of hydrogen-bond donors (Lipinski definition) is 0. The highest BCUT2D eigenvalue weighted by Crippen LogP contribution is 2.22. The Balaban J connectivity index is 1.26. The molecule has 0 N–H and O–H groups in total. The Kier molecular flexibility index (Phi) is 8.87. The number of carbonyl (C=O) groups is 2. The molecule has 0 fully saturated rings. The Morgan fingerprint density at radius 2 is 1.19 bits per heavy atom. The van der Waals surface area contributed by atoms with E-state index in [4.69, 9.17) is 14.2 Å². The standard InChI is InChI=1S/C31H28O5/c32-30(35-22-9-14-24-10-3-1-4-11-24)26-17-19-27(20-18-26)36-31(33)28-15-7-8-16-29(28)34-23-21-25-12-5-2-6-13-25/h1-8,10-13,15-20H,9,14,21-23H2. The van der Waals surface area contributed by atoms with Crippen LogP contribution in [0.15, 0.2) is 109 Å². The molecule has 4 aromatic carbocycles. The first-order chi connectivity index (χ1) is 17.7. The highest BCUT2D eigenvalue weighted by Gasteiger charge is 2.15. The fourth-order valence-corrected chi connectivity index (χ4v) is 3.67. The van der Waals surface area contributed by atoms with Gasteiger partial charge in [-0.15, -0.1) is 0 Å². The van der Waals surface area contributed by atoms with Crippen LogP contribution in [0.5, 0.6) is 11.5 Å². The molecule has 0 unspecified atom stereocenters. The highest BCUT2D eigenvalue weighted by molar-refractivity contribution is 5.94. The molecule has 36 heavy (non-hydrogen) atoms. The van der Waals surface area contributed by atoms with E-state index in [1.54, 1.807) is 42.5 Å². The lowest BCUT2D eigenvalue weighted by molar-refractivity contribution is 0.0500. The van der Waals surface area contributed by atoms with Crippen LogP contribution in [0.3, 0.4) is 0 Å². The molecule has 0 amide bonds. The first-order valence-electron chi connectivity index (χ1n) is 12.0. The average molecular weight is 481 g/mol. The van der Waals surface area contributed by atoms with Crippen LogP contribution in [0.25, 0.3) is 0 Å². The molecule has 4 aromatic rings. The van der Waals surface area contributed by atoms with Gasteiger partial charge in [0.05, 0.1) is 18.8 Å². The van der Waals surface area contributed by atoms with Crippen LogP contribution in [-0.2, 0) is 17.6 Å². The Hall–Kier alpha value is -4.38. The van der Waals surface area contributed by atoms with Crippen LogP contribution in [-0.4, -0.2) is 25.2 Å². The van der Waals surface area contributed by atoms with Crippen LogP contribution in [0.4, 0.5) is 0 Å². The predicted octanol–water partition coefficient (Wildman–Crippen LogP) is 6.32. The Labute approximate surface area is 211 Å². The van der Waals surface area contributed by atoms with Crippen LogP contribution in [0.2, 0.25) is 0 Å². The van der Waals surface area contributed by atoms with Gasteiger partial charge in [0, 0.05) is 6.42 Å². The summed E-state index contributed by atoms with van der Waals surface area (Å²) in [5.74, 6) is -0.131. The number of ether oxygens (including phenoxy) is 3. The highest BCUT2D eigenvalue weighted by atomic mass is 16.5. The Morgan fingerprint density at radius 3 is 1.89 bits per heavy atom. The number of para-hydroxylation sites is 1. The lowest BCUT2D eigenvalue weighted by Crippen LogP contribution is -2.12. The molecule has 0 aliphatic heterocycles. The van der Waals surface area contributed by atoms with E-state index in [0.29, 0.717) is 35.8 Å². The summed E-state index contributed by atoms with van der Waals surface area (Å²) in [6, 6.07) is 33.4.